The molecule has 0 aromatic heterocycles. The Labute approximate surface area is 179 Å². The molecule has 1 aromatic rings. The van der Waals surface area contributed by atoms with Crippen molar-refractivity contribution in [1.82, 2.24) is 14.7 Å². The van der Waals surface area contributed by atoms with E-state index in [0.29, 0.717) is 50.5 Å². The minimum Gasteiger partial charge on any atom is -0.397 e. The van der Waals surface area contributed by atoms with Gasteiger partial charge in [-0.25, -0.2) is 4.79 Å². The zero-order valence-corrected chi connectivity index (χ0v) is 17.2. The summed E-state index contributed by atoms with van der Waals surface area (Å²) in [6.07, 6.45) is -0.0625. The van der Waals surface area contributed by atoms with E-state index in [1.807, 2.05) is 0 Å². The number of aliphatic hydroxyl groups is 1. The fraction of sp³-hybridized carbons (Fsp3) is 0.550. The molecule has 7 N–H and O–H groups in total. The van der Waals surface area contributed by atoms with Gasteiger partial charge in [-0.1, -0.05) is 6.07 Å². The van der Waals surface area contributed by atoms with Crippen molar-refractivity contribution < 1.29 is 24.2 Å². The van der Waals surface area contributed by atoms with E-state index >= 15 is 0 Å². The number of β-amino-alcohol motifs (C(OH)–C–C–N with tert-alkyl or cyclic N) is 1. The summed E-state index contributed by atoms with van der Waals surface area (Å²) in [7, 11) is 0. The van der Waals surface area contributed by atoms with E-state index in [1.54, 1.807) is 28.0 Å². The normalized spacial score (nSPS) is 28.4. The van der Waals surface area contributed by atoms with Crippen LogP contribution in [0.25, 0.3) is 0 Å². The second kappa shape index (κ2) is 7.89. The molecule has 0 radical (unpaired) electrons. The average Bonchev–Trinajstić information content (AvgIpc) is 3.33. The third-order valence-corrected chi connectivity index (χ3v) is 6.38. The van der Waals surface area contributed by atoms with Crippen molar-refractivity contribution in [2.45, 2.75) is 30.6 Å². The van der Waals surface area contributed by atoms with Gasteiger partial charge in [0.2, 0.25) is 5.91 Å². The van der Waals surface area contributed by atoms with Gasteiger partial charge in [-0.05, 0) is 18.6 Å². The molecule has 0 bridgehead atoms. The molecule has 3 aliphatic heterocycles. The van der Waals surface area contributed by atoms with Gasteiger partial charge in [0.15, 0.2) is 0 Å². The Kier molecular flexibility index (Phi) is 5.40. The standard InChI is InChI=1S/C20H28N6O5/c21-14-3-1-2-13(16(14)22)17(28)25-6-7-31-20(11-25)4-5-24(10-20)18(29)15-8-12(27)9-26(15)19(23)30/h1-3,12,15,27H,4-11,21-22H2,(H2,23,30). The van der Waals surface area contributed by atoms with Gasteiger partial charge in [-0.3, -0.25) is 9.59 Å². The Morgan fingerprint density at radius 1 is 1.13 bits per heavy atom. The maximum atomic E-state index is 13.1. The molecule has 11 nitrogen and oxygen atoms in total. The number of benzene rings is 1. The van der Waals surface area contributed by atoms with Crippen molar-refractivity contribution in [2.75, 3.05) is 50.8 Å². The van der Waals surface area contributed by atoms with E-state index in [4.69, 9.17) is 21.9 Å². The highest BCUT2D eigenvalue weighted by Crippen LogP contribution is 2.32. The molecule has 168 valence electrons. The number of hydrogen-bond donors (Lipinski definition) is 4. The van der Waals surface area contributed by atoms with E-state index in [-0.39, 0.29) is 30.5 Å². The molecular formula is C20H28N6O5. The highest BCUT2D eigenvalue weighted by Gasteiger charge is 2.48. The average molecular weight is 432 g/mol. The first kappa shape index (κ1) is 21.2. The molecule has 3 atom stereocenters. The number of anilines is 2. The van der Waals surface area contributed by atoms with Gasteiger partial charge in [0, 0.05) is 26.1 Å². The van der Waals surface area contributed by atoms with Gasteiger partial charge in [-0.2, -0.15) is 0 Å². The number of nitrogen functional groups attached to an aromatic ring is 2. The molecule has 0 aliphatic carbocycles. The fourth-order valence-corrected chi connectivity index (χ4v) is 4.74. The minimum atomic E-state index is -0.781. The molecule has 1 spiro atoms. The van der Waals surface area contributed by atoms with Crippen LogP contribution in [-0.4, -0.2) is 94.7 Å². The number of amides is 4. The van der Waals surface area contributed by atoms with Gasteiger partial charge in [0.25, 0.3) is 5.91 Å². The van der Waals surface area contributed by atoms with Crippen molar-refractivity contribution >= 4 is 29.2 Å². The van der Waals surface area contributed by atoms with Crippen LogP contribution in [0, 0.1) is 0 Å². The number of urea groups is 1. The summed E-state index contributed by atoms with van der Waals surface area (Å²) in [4.78, 5) is 42.3. The van der Waals surface area contributed by atoms with Gasteiger partial charge in [-0.15, -0.1) is 0 Å². The maximum absolute atomic E-state index is 13.1. The first-order valence-electron chi connectivity index (χ1n) is 10.3. The molecule has 3 heterocycles. The fourth-order valence-electron chi connectivity index (χ4n) is 4.74. The van der Waals surface area contributed by atoms with Gasteiger partial charge in [0.1, 0.15) is 11.6 Å². The van der Waals surface area contributed by atoms with Crippen molar-refractivity contribution in [3.63, 3.8) is 0 Å². The first-order chi connectivity index (χ1) is 14.7. The number of para-hydroxylation sites is 1. The number of primary amides is 1. The van der Waals surface area contributed by atoms with Gasteiger partial charge < -0.3 is 41.7 Å². The Morgan fingerprint density at radius 2 is 1.87 bits per heavy atom. The quantitative estimate of drug-likeness (QED) is 0.426. The van der Waals surface area contributed by atoms with Crippen LogP contribution >= 0.6 is 0 Å². The summed E-state index contributed by atoms with van der Waals surface area (Å²) in [6, 6.07) is 3.46. The molecule has 0 saturated carbocycles. The Balaban J connectivity index is 1.46. The summed E-state index contributed by atoms with van der Waals surface area (Å²) < 4.78 is 6.04. The molecule has 4 rings (SSSR count). The lowest BCUT2D eigenvalue weighted by Gasteiger charge is -2.40. The highest BCUT2D eigenvalue weighted by molar-refractivity contribution is 6.01. The van der Waals surface area contributed by atoms with Gasteiger partial charge >= 0.3 is 6.03 Å². The maximum Gasteiger partial charge on any atom is 0.315 e. The zero-order valence-electron chi connectivity index (χ0n) is 17.2. The van der Waals surface area contributed by atoms with Crippen molar-refractivity contribution in [1.29, 1.82) is 0 Å². The summed E-state index contributed by atoms with van der Waals surface area (Å²) >= 11 is 0. The van der Waals surface area contributed by atoms with Crippen LogP contribution < -0.4 is 17.2 Å². The van der Waals surface area contributed by atoms with E-state index in [0.717, 1.165) is 0 Å². The van der Waals surface area contributed by atoms with Crippen LogP contribution in [0.4, 0.5) is 16.2 Å². The molecular weight excluding hydrogens is 404 g/mol. The SMILES string of the molecule is NC(=O)N1CC(O)CC1C(=O)N1CCC2(CN(C(=O)c3cccc(N)c3N)CCO2)C1. The second-order valence-electron chi connectivity index (χ2n) is 8.47. The lowest BCUT2D eigenvalue weighted by Crippen LogP contribution is -2.56. The van der Waals surface area contributed by atoms with E-state index in [2.05, 4.69) is 0 Å². The molecule has 31 heavy (non-hydrogen) atoms. The predicted octanol–water partition coefficient (Wildman–Crippen LogP) is -1.19. The molecule has 4 amide bonds. The largest absolute Gasteiger partial charge is 0.397 e. The summed E-state index contributed by atoms with van der Waals surface area (Å²) in [5.74, 6) is -0.490. The summed E-state index contributed by atoms with van der Waals surface area (Å²) in [6.45, 7) is 1.84. The Morgan fingerprint density at radius 3 is 2.61 bits per heavy atom. The topological polar surface area (TPSA) is 168 Å². The summed E-state index contributed by atoms with van der Waals surface area (Å²) in [5.41, 5.74) is 17.5. The van der Waals surface area contributed by atoms with Crippen LogP contribution in [0.1, 0.15) is 23.2 Å². The number of likely N-dealkylation sites (tertiary alicyclic amines) is 2. The first-order valence-corrected chi connectivity index (χ1v) is 10.3. The third-order valence-electron chi connectivity index (χ3n) is 6.38. The number of hydrogen-bond acceptors (Lipinski definition) is 7. The number of carbonyl (C=O) groups excluding carboxylic acids is 3. The van der Waals surface area contributed by atoms with Crippen LogP contribution in [0.2, 0.25) is 0 Å². The third kappa shape index (κ3) is 3.86. The van der Waals surface area contributed by atoms with Crippen LogP contribution in [0.15, 0.2) is 18.2 Å². The number of rotatable bonds is 2. The van der Waals surface area contributed by atoms with Crippen molar-refractivity contribution in [3.8, 4) is 0 Å². The zero-order chi connectivity index (χ0) is 22.3. The molecule has 1 aromatic carbocycles. The summed E-state index contributed by atoms with van der Waals surface area (Å²) in [5, 5.41) is 9.89. The van der Waals surface area contributed by atoms with E-state index < -0.39 is 23.8 Å². The molecule has 3 saturated heterocycles. The lowest BCUT2D eigenvalue weighted by atomic mass is 9.99. The molecule has 11 heteroatoms. The van der Waals surface area contributed by atoms with Crippen LogP contribution in [0.5, 0.6) is 0 Å². The lowest BCUT2D eigenvalue weighted by molar-refractivity contribution is -0.137. The number of nitrogens with zero attached hydrogens (tertiary/aromatic N) is 3. The van der Waals surface area contributed by atoms with E-state index in [9.17, 15) is 19.5 Å². The highest BCUT2D eigenvalue weighted by atomic mass is 16.5. The second-order valence-corrected chi connectivity index (χ2v) is 8.47. The monoisotopic (exact) mass is 432 g/mol. The smallest absolute Gasteiger partial charge is 0.315 e. The van der Waals surface area contributed by atoms with Crippen LogP contribution in [0.3, 0.4) is 0 Å². The van der Waals surface area contributed by atoms with Gasteiger partial charge in [0.05, 0.1) is 42.7 Å². The van der Waals surface area contributed by atoms with Crippen molar-refractivity contribution in [3.05, 3.63) is 23.8 Å². The molecule has 3 aliphatic rings. The van der Waals surface area contributed by atoms with Crippen molar-refractivity contribution in [2.24, 2.45) is 5.73 Å². The predicted molar refractivity (Wildman–Crippen MR) is 112 cm³/mol. The number of nitrogens with two attached hydrogens (primary N) is 3. The van der Waals surface area contributed by atoms with Crippen LogP contribution in [-0.2, 0) is 9.53 Å². The number of carbonyl (C=O) groups is 3. The Hall–Kier alpha value is -3.05. The molecule has 3 fully saturated rings. The number of ether oxygens (including phenoxy) is 1. The number of morpholine rings is 1. The molecule has 3 unspecified atom stereocenters. The minimum absolute atomic E-state index is 0.0468. The van der Waals surface area contributed by atoms with E-state index in [1.165, 1.54) is 4.90 Å². The number of aliphatic hydroxyl groups excluding tert-OH is 1. The Bertz CT molecular complexity index is 910.